The van der Waals surface area contributed by atoms with Crippen LogP contribution in [0.4, 0.5) is 5.82 Å². The standard InChI is InChI=1S/C24H31N7O3/c1-15(14-33-2)34-24-28-20(23(32)31-12-17(25)13-31)10-21(29-24)30-8-5-16(6-9-30)19-11-27-22-18(19)4-3-7-26-22/h3-4,7,10-11,15-17H,5-6,8-9,12-14,25H2,1-2H3,(H,26,27)/t15-/m1/s1. The number of likely N-dealkylation sites (tertiary alicyclic amines) is 1. The number of hydrogen-bond acceptors (Lipinski definition) is 8. The van der Waals surface area contributed by atoms with Crippen molar-refractivity contribution in [1.82, 2.24) is 24.8 Å². The average Bonchev–Trinajstić information content (AvgIpc) is 3.26. The molecule has 10 nitrogen and oxygen atoms in total. The number of pyridine rings is 1. The quantitative estimate of drug-likeness (QED) is 0.543. The van der Waals surface area contributed by atoms with Crippen molar-refractivity contribution in [2.45, 2.75) is 37.8 Å². The first-order valence-electron chi connectivity index (χ1n) is 11.8. The van der Waals surface area contributed by atoms with Crippen molar-refractivity contribution in [2.24, 2.45) is 5.73 Å². The van der Waals surface area contributed by atoms with Gasteiger partial charge in [0.05, 0.1) is 6.61 Å². The Kier molecular flexibility index (Phi) is 6.34. The van der Waals surface area contributed by atoms with Gasteiger partial charge in [-0.15, -0.1) is 0 Å². The summed E-state index contributed by atoms with van der Waals surface area (Å²) in [6.45, 7) is 5.02. The van der Waals surface area contributed by atoms with E-state index in [9.17, 15) is 4.79 Å². The van der Waals surface area contributed by atoms with Crippen LogP contribution in [0.15, 0.2) is 30.6 Å². The molecule has 2 aliphatic heterocycles. The molecular formula is C24H31N7O3. The summed E-state index contributed by atoms with van der Waals surface area (Å²) < 4.78 is 11.0. The first-order valence-corrected chi connectivity index (χ1v) is 11.8. The number of hydrogen-bond donors (Lipinski definition) is 2. The smallest absolute Gasteiger partial charge is 0.319 e. The van der Waals surface area contributed by atoms with Crippen LogP contribution in [-0.2, 0) is 4.74 Å². The molecule has 3 aromatic rings. The summed E-state index contributed by atoms with van der Waals surface area (Å²) in [5.74, 6) is 1.01. The molecule has 180 valence electrons. The zero-order chi connectivity index (χ0) is 23.7. The molecule has 0 saturated carbocycles. The molecule has 3 aromatic heterocycles. The lowest BCUT2D eigenvalue weighted by Gasteiger charge is -2.37. The van der Waals surface area contributed by atoms with Gasteiger partial charge in [-0.25, -0.2) is 4.98 Å². The van der Waals surface area contributed by atoms with Gasteiger partial charge >= 0.3 is 6.01 Å². The van der Waals surface area contributed by atoms with Crippen molar-refractivity contribution < 1.29 is 14.3 Å². The number of aromatic amines is 1. The summed E-state index contributed by atoms with van der Waals surface area (Å²) in [4.78, 5) is 33.6. The predicted molar refractivity (Wildman–Crippen MR) is 128 cm³/mol. The van der Waals surface area contributed by atoms with Crippen LogP contribution in [0.1, 0.15) is 41.7 Å². The molecule has 10 heteroatoms. The Morgan fingerprint density at radius 3 is 2.82 bits per heavy atom. The minimum atomic E-state index is -0.234. The SMILES string of the molecule is COC[C@@H](C)Oc1nc(C(=O)N2CC(N)C2)cc(N2CCC(c3c[nH]c4ncccc34)CC2)n1. The lowest BCUT2D eigenvalue weighted by atomic mass is 9.89. The summed E-state index contributed by atoms with van der Waals surface area (Å²) >= 11 is 0. The van der Waals surface area contributed by atoms with Gasteiger partial charge in [-0.1, -0.05) is 0 Å². The number of carbonyl (C=O) groups is 1. The molecule has 0 spiro atoms. The minimum absolute atomic E-state index is 0.0291. The lowest BCUT2D eigenvalue weighted by Crippen LogP contribution is -2.58. The molecule has 5 rings (SSSR count). The molecule has 1 atom stereocenters. The van der Waals surface area contributed by atoms with Gasteiger partial charge in [-0.3, -0.25) is 4.79 Å². The van der Waals surface area contributed by atoms with E-state index < -0.39 is 0 Å². The number of amides is 1. The maximum atomic E-state index is 13.0. The summed E-state index contributed by atoms with van der Waals surface area (Å²) in [6, 6.07) is 6.10. The second-order valence-electron chi connectivity index (χ2n) is 9.15. The van der Waals surface area contributed by atoms with E-state index in [1.807, 2.05) is 13.0 Å². The predicted octanol–water partition coefficient (Wildman–Crippen LogP) is 1.93. The molecule has 2 fully saturated rings. The van der Waals surface area contributed by atoms with Crippen LogP contribution in [0.25, 0.3) is 11.0 Å². The van der Waals surface area contributed by atoms with E-state index in [-0.39, 0.29) is 24.1 Å². The van der Waals surface area contributed by atoms with Crippen LogP contribution in [0, 0.1) is 0 Å². The molecule has 1 amide bonds. The maximum Gasteiger partial charge on any atom is 0.319 e. The van der Waals surface area contributed by atoms with E-state index in [1.54, 1.807) is 24.3 Å². The monoisotopic (exact) mass is 465 g/mol. The summed E-state index contributed by atoms with van der Waals surface area (Å²) in [5.41, 5.74) is 8.44. The van der Waals surface area contributed by atoms with Gasteiger partial charge in [0.25, 0.3) is 5.91 Å². The van der Waals surface area contributed by atoms with Crippen molar-refractivity contribution >= 4 is 22.8 Å². The molecule has 0 bridgehead atoms. The zero-order valence-corrected chi connectivity index (χ0v) is 19.6. The second kappa shape index (κ2) is 9.55. The highest BCUT2D eigenvalue weighted by Gasteiger charge is 2.31. The third kappa shape index (κ3) is 4.55. The van der Waals surface area contributed by atoms with E-state index in [4.69, 9.17) is 15.2 Å². The number of piperidine rings is 1. The minimum Gasteiger partial charge on any atom is -0.458 e. The average molecular weight is 466 g/mol. The summed E-state index contributed by atoms with van der Waals surface area (Å²) in [7, 11) is 1.62. The fourth-order valence-corrected chi connectivity index (χ4v) is 4.76. The Bertz CT molecular complexity index is 1150. The van der Waals surface area contributed by atoms with E-state index >= 15 is 0 Å². The number of rotatable bonds is 7. The third-order valence-electron chi connectivity index (χ3n) is 6.56. The lowest BCUT2D eigenvalue weighted by molar-refractivity contribution is 0.0595. The molecule has 5 heterocycles. The van der Waals surface area contributed by atoms with E-state index in [1.165, 1.54) is 10.9 Å². The second-order valence-corrected chi connectivity index (χ2v) is 9.15. The highest BCUT2D eigenvalue weighted by molar-refractivity contribution is 5.93. The molecule has 2 aliphatic rings. The number of nitrogens with zero attached hydrogens (tertiary/aromatic N) is 5. The van der Waals surface area contributed by atoms with Gasteiger partial charge in [0.1, 0.15) is 23.3 Å². The topological polar surface area (TPSA) is 122 Å². The number of methoxy groups -OCH3 is 1. The Balaban J connectivity index is 1.34. The van der Waals surface area contributed by atoms with Crippen molar-refractivity contribution in [3.8, 4) is 6.01 Å². The molecular weight excluding hydrogens is 434 g/mol. The molecule has 0 aromatic carbocycles. The Hall–Kier alpha value is -3.24. The molecule has 0 radical (unpaired) electrons. The maximum absolute atomic E-state index is 13.0. The normalized spacial score (nSPS) is 18.2. The van der Waals surface area contributed by atoms with Gasteiger partial charge < -0.3 is 30.0 Å². The first-order chi connectivity index (χ1) is 16.5. The molecule has 2 saturated heterocycles. The highest BCUT2D eigenvalue weighted by atomic mass is 16.5. The van der Waals surface area contributed by atoms with E-state index in [0.717, 1.165) is 31.6 Å². The Morgan fingerprint density at radius 2 is 2.09 bits per heavy atom. The number of anilines is 1. The van der Waals surface area contributed by atoms with E-state index in [0.29, 0.717) is 37.1 Å². The van der Waals surface area contributed by atoms with Crippen LogP contribution in [-0.4, -0.2) is 82.8 Å². The molecule has 3 N–H and O–H groups in total. The summed E-state index contributed by atoms with van der Waals surface area (Å²) in [6.07, 6.45) is 5.61. The zero-order valence-electron chi connectivity index (χ0n) is 19.6. The number of nitrogens with two attached hydrogens (primary N) is 1. The van der Waals surface area contributed by atoms with Gasteiger partial charge in [-0.2, -0.15) is 9.97 Å². The van der Waals surface area contributed by atoms with Crippen molar-refractivity contribution in [1.29, 1.82) is 0 Å². The van der Waals surface area contributed by atoms with Crippen LogP contribution in [0.3, 0.4) is 0 Å². The number of nitrogens with one attached hydrogen (secondary N) is 1. The number of fused-ring (bicyclic) bond motifs is 1. The third-order valence-corrected chi connectivity index (χ3v) is 6.56. The van der Waals surface area contributed by atoms with Crippen molar-refractivity contribution in [2.75, 3.05) is 44.8 Å². The van der Waals surface area contributed by atoms with Crippen LogP contribution in [0.5, 0.6) is 6.01 Å². The largest absolute Gasteiger partial charge is 0.458 e. The van der Waals surface area contributed by atoms with Crippen LogP contribution in [0.2, 0.25) is 0 Å². The fraction of sp³-hybridized carbons (Fsp3) is 0.500. The van der Waals surface area contributed by atoms with Crippen molar-refractivity contribution in [3.63, 3.8) is 0 Å². The molecule has 0 aliphatic carbocycles. The Labute approximate surface area is 198 Å². The number of H-pyrrole nitrogens is 1. The van der Waals surface area contributed by atoms with Crippen LogP contribution >= 0.6 is 0 Å². The van der Waals surface area contributed by atoms with Crippen molar-refractivity contribution in [3.05, 3.63) is 41.9 Å². The first kappa shape index (κ1) is 22.5. The number of ether oxygens (including phenoxy) is 2. The van der Waals surface area contributed by atoms with E-state index in [2.05, 4.69) is 37.1 Å². The molecule has 0 unspecified atom stereocenters. The van der Waals surface area contributed by atoms with Gasteiger partial charge in [0, 0.05) is 63.2 Å². The fourth-order valence-electron chi connectivity index (χ4n) is 4.76. The number of carbonyl (C=O) groups excluding carboxylic acids is 1. The Morgan fingerprint density at radius 1 is 1.29 bits per heavy atom. The van der Waals surface area contributed by atoms with Crippen LogP contribution < -0.4 is 15.4 Å². The number of aromatic nitrogens is 4. The highest BCUT2D eigenvalue weighted by Crippen LogP contribution is 2.34. The van der Waals surface area contributed by atoms with Gasteiger partial charge in [-0.05, 0) is 43.4 Å². The van der Waals surface area contributed by atoms with Gasteiger partial charge in [0.15, 0.2) is 0 Å². The molecule has 34 heavy (non-hydrogen) atoms. The summed E-state index contributed by atoms with van der Waals surface area (Å²) in [5, 5.41) is 1.19. The van der Waals surface area contributed by atoms with Gasteiger partial charge in [0.2, 0.25) is 0 Å².